The van der Waals surface area contributed by atoms with Crippen LogP contribution < -0.4 is 5.32 Å². The lowest BCUT2D eigenvalue weighted by molar-refractivity contribution is -0.126. The molecule has 0 aromatic heterocycles. The zero-order valence-corrected chi connectivity index (χ0v) is 17.0. The highest BCUT2D eigenvalue weighted by Gasteiger charge is 2.34. The Labute approximate surface area is 169 Å². The molecule has 5 heteroatoms. The Morgan fingerprint density at radius 3 is 2.56 bits per heavy atom. The van der Waals surface area contributed by atoms with Crippen LogP contribution in [-0.4, -0.2) is 11.0 Å². The van der Waals surface area contributed by atoms with Crippen molar-refractivity contribution >= 4 is 40.1 Å². The lowest BCUT2D eigenvalue weighted by atomic mass is 9.75. The van der Waals surface area contributed by atoms with E-state index in [4.69, 9.17) is 11.6 Å². The van der Waals surface area contributed by atoms with Crippen molar-refractivity contribution in [1.82, 2.24) is 0 Å². The second-order valence-electron chi connectivity index (χ2n) is 7.35. The molecule has 2 aromatic rings. The van der Waals surface area contributed by atoms with Crippen molar-refractivity contribution < 1.29 is 9.59 Å². The van der Waals surface area contributed by atoms with E-state index in [-0.39, 0.29) is 16.4 Å². The van der Waals surface area contributed by atoms with Crippen molar-refractivity contribution in [3.05, 3.63) is 59.1 Å². The van der Waals surface area contributed by atoms with Crippen LogP contribution in [-0.2, 0) is 16.0 Å². The molecule has 3 rings (SSSR count). The second kappa shape index (κ2) is 8.94. The molecule has 27 heavy (non-hydrogen) atoms. The molecule has 1 fully saturated rings. The van der Waals surface area contributed by atoms with E-state index in [1.165, 1.54) is 6.42 Å². The summed E-state index contributed by atoms with van der Waals surface area (Å²) in [4.78, 5) is 26.1. The summed E-state index contributed by atoms with van der Waals surface area (Å²) in [6.07, 6.45) is 5.53. The Morgan fingerprint density at radius 1 is 1.07 bits per heavy atom. The molecular formula is C22H24ClNO2S. The largest absolute Gasteiger partial charge is 0.325 e. The monoisotopic (exact) mass is 401 g/mol. The number of benzene rings is 2. The molecule has 0 spiro atoms. The van der Waals surface area contributed by atoms with Gasteiger partial charge in [0.2, 0.25) is 5.91 Å². The van der Waals surface area contributed by atoms with Gasteiger partial charge in [0.05, 0.1) is 5.69 Å². The zero-order valence-electron chi connectivity index (χ0n) is 15.5. The van der Waals surface area contributed by atoms with Crippen molar-refractivity contribution in [3.8, 4) is 0 Å². The van der Waals surface area contributed by atoms with Crippen LogP contribution in [0.3, 0.4) is 0 Å². The molecule has 1 saturated carbocycles. The predicted octanol–water partition coefficient (Wildman–Crippen LogP) is 6.11. The fourth-order valence-corrected chi connectivity index (χ4v) is 4.54. The van der Waals surface area contributed by atoms with E-state index >= 15 is 0 Å². The fourth-order valence-electron chi connectivity index (χ4n) is 3.46. The maximum Gasteiger partial charge on any atom is 0.230 e. The summed E-state index contributed by atoms with van der Waals surface area (Å²) in [7, 11) is 0. The minimum absolute atomic E-state index is 0.0165. The summed E-state index contributed by atoms with van der Waals surface area (Å²) in [5.41, 5.74) is 1.27. The quantitative estimate of drug-likeness (QED) is 0.614. The van der Waals surface area contributed by atoms with Gasteiger partial charge in [0.1, 0.15) is 0 Å². The Kier molecular flexibility index (Phi) is 6.61. The van der Waals surface area contributed by atoms with Crippen LogP contribution in [0.4, 0.5) is 5.69 Å². The van der Waals surface area contributed by atoms with E-state index in [0.29, 0.717) is 17.1 Å². The van der Waals surface area contributed by atoms with Crippen LogP contribution in [0.2, 0.25) is 5.02 Å². The summed E-state index contributed by atoms with van der Waals surface area (Å²) in [6, 6.07) is 14.8. The first-order valence-electron chi connectivity index (χ1n) is 9.32. The lowest BCUT2D eigenvalue weighted by Crippen LogP contribution is -2.35. The Hall–Kier alpha value is -1.78. The SMILES string of the molecule is CC1(C(=O)Nc2ccccc2SC(=O)Cc2cccc(Cl)c2)CCCCC1. The molecule has 1 aliphatic rings. The molecule has 0 saturated heterocycles. The molecule has 1 amide bonds. The van der Waals surface area contributed by atoms with Gasteiger partial charge in [-0.1, -0.05) is 62.1 Å². The first kappa shape index (κ1) is 20.0. The molecule has 1 aliphatic carbocycles. The normalized spacial score (nSPS) is 15.9. The first-order chi connectivity index (χ1) is 13.0. The third kappa shape index (κ3) is 5.36. The number of carbonyl (C=O) groups excluding carboxylic acids is 2. The zero-order chi connectivity index (χ0) is 19.3. The minimum Gasteiger partial charge on any atom is -0.325 e. The summed E-state index contributed by atoms with van der Waals surface area (Å²) in [5, 5.41) is 3.71. The highest BCUT2D eigenvalue weighted by atomic mass is 35.5. The highest BCUT2D eigenvalue weighted by Crippen LogP contribution is 2.38. The van der Waals surface area contributed by atoms with Gasteiger partial charge in [-0.05, 0) is 54.4 Å². The standard InChI is InChI=1S/C22H24ClNO2S/c1-22(12-5-2-6-13-22)21(26)24-18-10-3-4-11-19(18)27-20(25)15-16-8-7-9-17(23)14-16/h3-4,7-11,14H,2,5-6,12-13,15H2,1H3,(H,24,26). The van der Waals surface area contributed by atoms with Gasteiger partial charge in [0, 0.05) is 21.8 Å². The number of hydrogen-bond acceptors (Lipinski definition) is 3. The Morgan fingerprint density at radius 2 is 1.81 bits per heavy atom. The highest BCUT2D eigenvalue weighted by molar-refractivity contribution is 8.13. The third-order valence-electron chi connectivity index (χ3n) is 5.10. The van der Waals surface area contributed by atoms with Gasteiger partial charge >= 0.3 is 0 Å². The van der Waals surface area contributed by atoms with Crippen molar-refractivity contribution in [2.45, 2.75) is 50.3 Å². The van der Waals surface area contributed by atoms with Crippen molar-refractivity contribution in [2.24, 2.45) is 5.41 Å². The van der Waals surface area contributed by atoms with E-state index in [0.717, 1.165) is 47.9 Å². The summed E-state index contributed by atoms with van der Waals surface area (Å²) in [6.45, 7) is 2.04. The number of amides is 1. The number of carbonyl (C=O) groups is 2. The lowest BCUT2D eigenvalue weighted by Gasteiger charge is -2.32. The molecule has 142 valence electrons. The topological polar surface area (TPSA) is 46.2 Å². The van der Waals surface area contributed by atoms with Gasteiger partial charge in [0.25, 0.3) is 0 Å². The molecule has 0 unspecified atom stereocenters. The number of hydrogen-bond donors (Lipinski definition) is 1. The summed E-state index contributed by atoms with van der Waals surface area (Å²) >= 11 is 7.15. The number of thioether (sulfide) groups is 1. The minimum atomic E-state index is -0.319. The number of nitrogens with one attached hydrogen (secondary N) is 1. The van der Waals surface area contributed by atoms with Crippen molar-refractivity contribution in [2.75, 3.05) is 5.32 Å². The maximum absolute atomic E-state index is 12.8. The number of para-hydroxylation sites is 1. The molecular weight excluding hydrogens is 378 g/mol. The summed E-state index contributed by atoms with van der Waals surface area (Å²) < 4.78 is 0. The van der Waals surface area contributed by atoms with Crippen LogP contribution in [0.1, 0.15) is 44.6 Å². The van der Waals surface area contributed by atoms with Crippen LogP contribution in [0.25, 0.3) is 0 Å². The van der Waals surface area contributed by atoms with Crippen LogP contribution in [0, 0.1) is 5.41 Å². The van der Waals surface area contributed by atoms with Gasteiger partial charge in [0.15, 0.2) is 5.12 Å². The van der Waals surface area contributed by atoms with Gasteiger partial charge in [-0.3, -0.25) is 9.59 Å². The van der Waals surface area contributed by atoms with Crippen LogP contribution in [0.15, 0.2) is 53.4 Å². The molecule has 0 radical (unpaired) electrons. The maximum atomic E-state index is 12.8. The van der Waals surface area contributed by atoms with E-state index in [2.05, 4.69) is 5.32 Å². The van der Waals surface area contributed by atoms with Crippen LogP contribution in [0.5, 0.6) is 0 Å². The Bertz CT molecular complexity index is 831. The molecule has 0 heterocycles. The smallest absolute Gasteiger partial charge is 0.230 e. The number of rotatable bonds is 5. The average molecular weight is 402 g/mol. The van der Waals surface area contributed by atoms with Gasteiger partial charge < -0.3 is 5.32 Å². The van der Waals surface area contributed by atoms with Gasteiger partial charge in [-0.25, -0.2) is 0 Å². The summed E-state index contributed by atoms with van der Waals surface area (Å²) in [5.74, 6) is 0.0533. The fraction of sp³-hybridized carbons (Fsp3) is 0.364. The van der Waals surface area contributed by atoms with Gasteiger partial charge in [-0.2, -0.15) is 0 Å². The van der Waals surface area contributed by atoms with E-state index in [1.54, 1.807) is 12.1 Å². The third-order valence-corrected chi connectivity index (χ3v) is 6.28. The molecule has 0 aliphatic heterocycles. The van der Waals surface area contributed by atoms with E-state index < -0.39 is 0 Å². The molecule has 1 N–H and O–H groups in total. The first-order valence-corrected chi connectivity index (χ1v) is 10.5. The van der Waals surface area contributed by atoms with E-state index in [9.17, 15) is 9.59 Å². The number of anilines is 1. The predicted molar refractivity (Wildman–Crippen MR) is 112 cm³/mol. The second-order valence-corrected chi connectivity index (χ2v) is 8.89. The Balaban J connectivity index is 1.68. The molecule has 2 aromatic carbocycles. The van der Waals surface area contributed by atoms with Crippen molar-refractivity contribution in [3.63, 3.8) is 0 Å². The van der Waals surface area contributed by atoms with E-state index in [1.807, 2.05) is 43.3 Å². The van der Waals surface area contributed by atoms with Crippen molar-refractivity contribution in [1.29, 1.82) is 0 Å². The van der Waals surface area contributed by atoms with Gasteiger partial charge in [-0.15, -0.1) is 0 Å². The van der Waals surface area contributed by atoms with Crippen LogP contribution >= 0.6 is 23.4 Å². The average Bonchev–Trinajstić information content (AvgIpc) is 2.64. The number of halogens is 1. The molecule has 0 atom stereocenters. The molecule has 3 nitrogen and oxygen atoms in total. The molecule has 0 bridgehead atoms.